The van der Waals surface area contributed by atoms with Crippen LogP contribution in [-0.4, -0.2) is 112 Å². The molecule has 0 unspecified atom stereocenters. The fourth-order valence-corrected chi connectivity index (χ4v) is 9.93. The van der Waals surface area contributed by atoms with Crippen LogP contribution in [0.25, 0.3) is 34.2 Å². The standard InChI is InChI=1S/C21H20FN3O2.C19H16F2N4O2.C18H16F2N4O3/c1-14-12-17(22)9-10-18(14)21(26)25-11-5-8-16(13-25)20-23-19(24-27-20)15-6-3-2-4-7-15;20-15-6-2-1-5-14(15)17-23-18(27-24-17)13-4-3-9-25(11-13)19(26)12-7-8-16(21)22-10-12;1-10-14(8-21-26-10)18(25)24-6-2-3-11(9-24)17-22-16(23-27-17)13-5-4-12(19)7-15(13)20/h2-4,6-7,9-10,12,16H,5,8,11,13H2,1H3;1-2,5-8,10,13H,3-4,9,11H2;4-5,7-8,11H,2-3,6,9H2,1H3/t16-;13-;11-/m000/s1. The lowest BCUT2D eigenvalue weighted by atomic mass is 9.96. The van der Waals surface area contributed by atoms with Crippen LogP contribution >= 0.6 is 0 Å². The lowest BCUT2D eigenvalue weighted by Crippen LogP contribution is -2.39. The molecule has 3 amide bonds. The van der Waals surface area contributed by atoms with E-state index in [1.54, 1.807) is 52.8 Å². The van der Waals surface area contributed by atoms with E-state index in [0.29, 0.717) is 90.8 Å². The zero-order chi connectivity index (χ0) is 56.6. The minimum absolute atomic E-state index is 0.00779. The number of halogens is 5. The van der Waals surface area contributed by atoms with Gasteiger partial charge in [0.15, 0.2) is 0 Å². The molecule has 18 nitrogen and oxygen atoms in total. The molecule has 8 heterocycles. The summed E-state index contributed by atoms with van der Waals surface area (Å²) in [6.45, 7) is 6.61. The topological polar surface area (TPSA) is 217 Å². The van der Waals surface area contributed by atoms with Crippen molar-refractivity contribution in [2.75, 3.05) is 39.3 Å². The Kier molecular flexibility index (Phi) is 16.9. The fourth-order valence-electron chi connectivity index (χ4n) is 9.93. The van der Waals surface area contributed by atoms with Crippen LogP contribution in [0, 0.1) is 43.1 Å². The molecule has 3 fully saturated rings. The molecule has 9 aromatic rings. The van der Waals surface area contributed by atoms with Gasteiger partial charge < -0.3 is 32.8 Å². The van der Waals surface area contributed by atoms with Crippen molar-refractivity contribution in [3.05, 3.63) is 190 Å². The lowest BCUT2D eigenvalue weighted by Gasteiger charge is -2.31. The van der Waals surface area contributed by atoms with Crippen LogP contribution in [0.15, 0.2) is 134 Å². The number of aromatic nitrogens is 8. The van der Waals surface area contributed by atoms with Gasteiger partial charge >= 0.3 is 0 Å². The first kappa shape index (κ1) is 55.1. The van der Waals surface area contributed by atoms with E-state index in [1.807, 2.05) is 30.3 Å². The minimum Gasteiger partial charge on any atom is -0.361 e. The first-order chi connectivity index (χ1) is 39.3. The van der Waals surface area contributed by atoms with Crippen molar-refractivity contribution in [3.8, 4) is 34.2 Å². The highest BCUT2D eigenvalue weighted by Gasteiger charge is 2.33. The third-order valence-electron chi connectivity index (χ3n) is 14.2. The van der Waals surface area contributed by atoms with Gasteiger partial charge in [0.2, 0.25) is 41.1 Å². The number of carbonyl (C=O) groups is 3. The number of nitrogens with zero attached hydrogens (tertiary/aromatic N) is 11. The van der Waals surface area contributed by atoms with E-state index in [-0.39, 0.29) is 64.1 Å². The van der Waals surface area contributed by atoms with Crippen LogP contribution in [0.1, 0.15) is 116 Å². The average molecular weight is 1110 g/mol. The third kappa shape index (κ3) is 12.9. The molecule has 3 aliphatic heterocycles. The average Bonchev–Trinajstić information content (AvgIpc) is 4.39. The van der Waals surface area contributed by atoms with Crippen LogP contribution in [0.2, 0.25) is 0 Å². The van der Waals surface area contributed by atoms with Crippen molar-refractivity contribution in [1.82, 2.24) is 55.3 Å². The van der Waals surface area contributed by atoms with Crippen molar-refractivity contribution in [3.63, 3.8) is 0 Å². The summed E-state index contributed by atoms with van der Waals surface area (Å²) in [5.41, 5.74) is 3.17. The molecule has 0 N–H and O–H groups in total. The number of hydrogen-bond donors (Lipinski definition) is 0. The molecule has 0 aliphatic carbocycles. The Bertz CT molecular complexity index is 3650. The number of benzene rings is 4. The summed E-state index contributed by atoms with van der Waals surface area (Å²) >= 11 is 0. The quantitative estimate of drug-likeness (QED) is 0.0970. The molecule has 416 valence electrons. The fraction of sp³-hybridized carbons (Fsp3) is 0.293. The molecule has 3 aliphatic rings. The summed E-state index contributed by atoms with van der Waals surface area (Å²) in [6, 6.07) is 25.9. The Morgan fingerprint density at radius 2 is 1.02 bits per heavy atom. The van der Waals surface area contributed by atoms with Gasteiger partial charge in [0.1, 0.15) is 34.6 Å². The van der Waals surface area contributed by atoms with Crippen molar-refractivity contribution in [2.45, 2.75) is 70.1 Å². The number of aryl methyl sites for hydroxylation is 2. The molecule has 0 saturated carbocycles. The van der Waals surface area contributed by atoms with Crippen LogP contribution in [0.3, 0.4) is 0 Å². The Morgan fingerprint density at radius 1 is 0.506 bits per heavy atom. The smallest absolute Gasteiger partial charge is 0.259 e. The predicted octanol–water partition coefficient (Wildman–Crippen LogP) is 11.0. The molecule has 3 saturated heterocycles. The van der Waals surface area contributed by atoms with Crippen LogP contribution in [0.4, 0.5) is 22.0 Å². The van der Waals surface area contributed by atoms with Gasteiger partial charge in [0.25, 0.3) is 17.7 Å². The van der Waals surface area contributed by atoms with Gasteiger partial charge in [-0.05, 0) is 113 Å². The molecular formula is C58H52F5N11O7. The highest BCUT2D eigenvalue weighted by Crippen LogP contribution is 2.33. The SMILES string of the molecule is Cc1cc(F)ccc1C(=O)N1CCC[C@H](c2nc(-c3ccccc3)no2)C1.Cc1oncc1C(=O)N1CCC[C@H](c2nc(-c3ccc(F)cc3F)no2)C1.O=C(c1ccc(F)nc1)N1CCC[C@H](c2nc(-c3ccccc3F)no2)C1. The van der Waals surface area contributed by atoms with Gasteiger partial charge in [-0.2, -0.15) is 19.3 Å². The molecule has 5 aromatic heterocycles. The van der Waals surface area contributed by atoms with E-state index in [9.17, 15) is 36.3 Å². The minimum atomic E-state index is -0.759. The Labute approximate surface area is 460 Å². The van der Waals surface area contributed by atoms with E-state index >= 15 is 0 Å². The summed E-state index contributed by atoms with van der Waals surface area (Å²) < 4.78 is 88.3. The maximum Gasteiger partial charge on any atom is 0.259 e. The van der Waals surface area contributed by atoms with Crippen molar-refractivity contribution >= 4 is 17.7 Å². The molecule has 81 heavy (non-hydrogen) atoms. The maximum absolute atomic E-state index is 13.9. The monoisotopic (exact) mass is 1110 g/mol. The zero-order valence-electron chi connectivity index (χ0n) is 43.9. The second kappa shape index (κ2) is 24.8. The van der Waals surface area contributed by atoms with E-state index in [1.165, 1.54) is 42.7 Å². The molecule has 3 atom stereocenters. The van der Waals surface area contributed by atoms with Gasteiger partial charge in [-0.25, -0.2) is 22.5 Å². The highest BCUT2D eigenvalue weighted by molar-refractivity contribution is 5.96. The molecule has 0 bridgehead atoms. The van der Waals surface area contributed by atoms with E-state index < -0.39 is 23.4 Å². The summed E-state index contributed by atoms with van der Waals surface area (Å²) in [5.74, 6) is -1.04. The normalized spacial score (nSPS) is 17.2. The van der Waals surface area contributed by atoms with Crippen LogP contribution in [0.5, 0.6) is 0 Å². The first-order valence-corrected chi connectivity index (χ1v) is 26.2. The highest BCUT2D eigenvalue weighted by atomic mass is 19.1. The molecule has 4 aromatic carbocycles. The summed E-state index contributed by atoms with van der Waals surface area (Å²) in [7, 11) is 0. The van der Waals surface area contributed by atoms with Crippen molar-refractivity contribution < 1.29 is 54.4 Å². The second-order valence-electron chi connectivity index (χ2n) is 19.7. The van der Waals surface area contributed by atoms with Gasteiger partial charge in [0.05, 0.1) is 40.6 Å². The number of pyridine rings is 1. The number of likely N-dealkylation sites (tertiary alicyclic amines) is 3. The number of amides is 3. The first-order valence-electron chi connectivity index (χ1n) is 26.2. The predicted molar refractivity (Wildman–Crippen MR) is 279 cm³/mol. The number of rotatable bonds is 9. The van der Waals surface area contributed by atoms with Gasteiger partial charge in [-0.1, -0.05) is 63.1 Å². The summed E-state index contributed by atoms with van der Waals surface area (Å²) in [6.07, 6.45) is 7.46. The number of piperidine rings is 3. The zero-order valence-corrected chi connectivity index (χ0v) is 43.9. The van der Waals surface area contributed by atoms with E-state index in [2.05, 4.69) is 40.6 Å². The molecular weight excluding hydrogens is 1060 g/mol. The van der Waals surface area contributed by atoms with Gasteiger partial charge in [-0.15, -0.1) is 0 Å². The maximum atomic E-state index is 13.9. The Balaban J connectivity index is 0.000000136. The Hall–Kier alpha value is -9.28. The van der Waals surface area contributed by atoms with E-state index in [4.69, 9.17) is 18.1 Å². The van der Waals surface area contributed by atoms with Crippen molar-refractivity contribution in [1.29, 1.82) is 0 Å². The molecule has 23 heteroatoms. The molecule has 0 radical (unpaired) electrons. The van der Waals surface area contributed by atoms with Crippen LogP contribution in [-0.2, 0) is 0 Å². The number of hydrogen-bond acceptors (Lipinski definition) is 15. The Morgan fingerprint density at radius 3 is 1.57 bits per heavy atom. The van der Waals surface area contributed by atoms with Crippen molar-refractivity contribution in [2.24, 2.45) is 0 Å². The molecule has 0 spiro atoms. The van der Waals surface area contributed by atoms with Gasteiger partial charge in [-0.3, -0.25) is 14.4 Å². The molecule has 12 rings (SSSR count). The summed E-state index contributed by atoms with van der Waals surface area (Å²) in [4.78, 5) is 59.9. The number of carbonyl (C=O) groups excluding carboxylic acids is 3. The summed E-state index contributed by atoms with van der Waals surface area (Å²) in [5, 5.41) is 15.4. The van der Waals surface area contributed by atoms with E-state index in [0.717, 1.165) is 62.3 Å². The largest absolute Gasteiger partial charge is 0.361 e. The van der Waals surface area contributed by atoms with Crippen LogP contribution < -0.4 is 0 Å². The van der Waals surface area contributed by atoms with Gasteiger partial charge in [0, 0.05) is 62.7 Å². The third-order valence-corrected chi connectivity index (χ3v) is 14.2. The lowest BCUT2D eigenvalue weighted by molar-refractivity contribution is 0.0686. The second-order valence-corrected chi connectivity index (χ2v) is 19.7.